The molecule has 0 bridgehead atoms. The molecule has 0 spiro atoms. The molecule has 4 heteroatoms. The first-order chi connectivity index (χ1) is 7.97. The van der Waals surface area contributed by atoms with Crippen LogP contribution >= 0.6 is 0 Å². The third kappa shape index (κ3) is 2.87. The SMILES string of the molecule is CCCc1nc(CC)c(C(C)(O)OCC)n1C. The lowest BCUT2D eigenvalue weighted by Gasteiger charge is -2.25. The Balaban J connectivity index is 3.20. The molecule has 0 radical (unpaired) electrons. The van der Waals surface area contributed by atoms with Crippen LogP contribution < -0.4 is 0 Å². The van der Waals surface area contributed by atoms with Gasteiger partial charge in [0, 0.05) is 20.1 Å². The summed E-state index contributed by atoms with van der Waals surface area (Å²) in [5, 5.41) is 10.4. The van der Waals surface area contributed by atoms with E-state index in [4.69, 9.17) is 4.74 Å². The monoisotopic (exact) mass is 240 g/mol. The molecule has 1 atom stereocenters. The first kappa shape index (κ1) is 14.2. The largest absolute Gasteiger partial charge is 0.361 e. The van der Waals surface area contributed by atoms with E-state index in [9.17, 15) is 5.11 Å². The fourth-order valence-corrected chi connectivity index (χ4v) is 2.23. The first-order valence-electron chi connectivity index (χ1n) is 6.39. The summed E-state index contributed by atoms with van der Waals surface area (Å²) in [4.78, 5) is 4.59. The number of hydrogen-bond donors (Lipinski definition) is 1. The van der Waals surface area contributed by atoms with Crippen LogP contribution in [0.25, 0.3) is 0 Å². The summed E-state index contributed by atoms with van der Waals surface area (Å²) in [7, 11) is 1.94. The number of aryl methyl sites for hydroxylation is 2. The lowest BCUT2D eigenvalue weighted by atomic mass is 10.1. The zero-order valence-electron chi connectivity index (χ0n) is 11.6. The van der Waals surface area contributed by atoms with Gasteiger partial charge in [-0.1, -0.05) is 13.8 Å². The minimum Gasteiger partial charge on any atom is -0.361 e. The van der Waals surface area contributed by atoms with E-state index in [2.05, 4.69) is 11.9 Å². The Morgan fingerprint density at radius 3 is 2.47 bits per heavy atom. The average molecular weight is 240 g/mol. The molecule has 0 aliphatic rings. The van der Waals surface area contributed by atoms with Crippen molar-refractivity contribution in [2.75, 3.05) is 6.61 Å². The highest BCUT2D eigenvalue weighted by atomic mass is 16.6. The highest BCUT2D eigenvalue weighted by Gasteiger charge is 2.31. The van der Waals surface area contributed by atoms with Crippen LogP contribution in [0.15, 0.2) is 0 Å². The predicted molar refractivity (Wildman–Crippen MR) is 67.8 cm³/mol. The molecular formula is C13H24N2O2. The van der Waals surface area contributed by atoms with Crippen LogP contribution in [0, 0.1) is 0 Å². The summed E-state index contributed by atoms with van der Waals surface area (Å²) in [6.07, 6.45) is 2.77. The number of nitrogens with zero attached hydrogens (tertiary/aromatic N) is 2. The molecule has 0 aliphatic carbocycles. The maximum atomic E-state index is 10.4. The standard InChI is InChI=1S/C13H24N2O2/c1-6-9-11-14-10(7-2)12(15(11)5)13(4,16)17-8-3/h16H,6-9H2,1-5H3. The molecule has 1 rings (SSSR count). The summed E-state index contributed by atoms with van der Waals surface area (Å²) < 4.78 is 7.40. The maximum Gasteiger partial charge on any atom is 0.206 e. The van der Waals surface area contributed by atoms with Gasteiger partial charge in [-0.15, -0.1) is 0 Å². The van der Waals surface area contributed by atoms with Crippen molar-refractivity contribution in [2.24, 2.45) is 7.05 Å². The average Bonchev–Trinajstić information content (AvgIpc) is 2.57. The van der Waals surface area contributed by atoms with Gasteiger partial charge in [-0.25, -0.2) is 4.98 Å². The summed E-state index contributed by atoms with van der Waals surface area (Å²) in [6.45, 7) is 8.21. The predicted octanol–water partition coefficient (Wildman–Crippen LogP) is 2.14. The molecule has 1 aromatic rings. The third-order valence-corrected chi connectivity index (χ3v) is 2.93. The van der Waals surface area contributed by atoms with Gasteiger partial charge in [-0.3, -0.25) is 0 Å². The minimum absolute atomic E-state index is 0.477. The second-order valence-corrected chi connectivity index (χ2v) is 4.40. The Hall–Kier alpha value is -0.870. The molecule has 0 amide bonds. The summed E-state index contributed by atoms with van der Waals surface area (Å²) in [5.41, 5.74) is 1.71. The maximum absolute atomic E-state index is 10.4. The van der Waals surface area contributed by atoms with Crippen LogP contribution in [0.1, 0.15) is 51.3 Å². The van der Waals surface area contributed by atoms with Gasteiger partial charge < -0.3 is 14.4 Å². The topological polar surface area (TPSA) is 47.3 Å². The van der Waals surface area contributed by atoms with Gasteiger partial charge in [0.15, 0.2) is 0 Å². The zero-order chi connectivity index (χ0) is 13.1. The molecule has 0 saturated heterocycles. The normalized spacial score (nSPS) is 14.9. The molecular weight excluding hydrogens is 216 g/mol. The Kier molecular flexibility index (Phi) is 4.71. The van der Waals surface area contributed by atoms with Gasteiger partial charge in [0.1, 0.15) is 5.82 Å². The Morgan fingerprint density at radius 2 is 2.00 bits per heavy atom. The second-order valence-electron chi connectivity index (χ2n) is 4.40. The van der Waals surface area contributed by atoms with Crippen LogP contribution in [0.2, 0.25) is 0 Å². The lowest BCUT2D eigenvalue weighted by molar-refractivity contribution is -0.200. The van der Waals surface area contributed by atoms with E-state index >= 15 is 0 Å². The number of aliphatic hydroxyl groups is 1. The van der Waals surface area contributed by atoms with E-state index in [1.807, 2.05) is 25.5 Å². The van der Waals surface area contributed by atoms with Crippen molar-refractivity contribution in [3.05, 3.63) is 17.2 Å². The van der Waals surface area contributed by atoms with Gasteiger partial charge in [0.05, 0.1) is 11.4 Å². The van der Waals surface area contributed by atoms with Crippen LogP contribution in [0.4, 0.5) is 0 Å². The lowest BCUT2D eigenvalue weighted by Crippen LogP contribution is -2.29. The summed E-state index contributed by atoms with van der Waals surface area (Å²) >= 11 is 0. The van der Waals surface area contributed by atoms with Crippen LogP contribution in [-0.2, 0) is 30.4 Å². The van der Waals surface area contributed by atoms with Crippen molar-refractivity contribution >= 4 is 0 Å². The fraction of sp³-hybridized carbons (Fsp3) is 0.769. The molecule has 0 aromatic carbocycles. The van der Waals surface area contributed by atoms with Crippen LogP contribution in [-0.4, -0.2) is 21.3 Å². The van der Waals surface area contributed by atoms with Crippen molar-refractivity contribution in [1.29, 1.82) is 0 Å². The Morgan fingerprint density at radius 1 is 1.35 bits per heavy atom. The molecule has 1 unspecified atom stereocenters. The quantitative estimate of drug-likeness (QED) is 0.775. The molecule has 17 heavy (non-hydrogen) atoms. The van der Waals surface area contributed by atoms with E-state index in [1.54, 1.807) is 6.92 Å². The summed E-state index contributed by atoms with van der Waals surface area (Å²) in [6, 6.07) is 0. The van der Waals surface area contributed by atoms with Gasteiger partial charge in [-0.05, 0) is 26.7 Å². The van der Waals surface area contributed by atoms with Crippen molar-refractivity contribution in [2.45, 2.75) is 52.7 Å². The fourth-order valence-electron chi connectivity index (χ4n) is 2.23. The van der Waals surface area contributed by atoms with E-state index in [-0.39, 0.29) is 0 Å². The molecule has 0 fully saturated rings. The van der Waals surface area contributed by atoms with Gasteiger partial charge in [0.2, 0.25) is 5.79 Å². The van der Waals surface area contributed by atoms with Gasteiger partial charge >= 0.3 is 0 Å². The highest BCUT2D eigenvalue weighted by Crippen LogP contribution is 2.27. The molecule has 1 aromatic heterocycles. The molecule has 1 N–H and O–H groups in total. The minimum atomic E-state index is -1.26. The number of hydrogen-bond acceptors (Lipinski definition) is 3. The van der Waals surface area contributed by atoms with E-state index in [0.29, 0.717) is 6.61 Å². The molecule has 98 valence electrons. The van der Waals surface area contributed by atoms with Crippen molar-refractivity contribution in [1.82, 2.24) is 9.55 Å². The van der Waals surface area contributed by atoms with E-state index < -0.39 is 5.79 Å². The first-order valence-corrected chi connectivity index (χ1v) is 6.39. The molecule has 1 heterocycles. The van der Waals surface area contributed by atoms with Crippen molar-refractivity contribution < 1.29 is 9.84 Å². The molecule has 0 saturated carbocycles. The van der Waals surface area contributed by atoms with Crippen LogP contribution in [0.3, 0.4) is 0 Å². The number of ether oxygens (including phenoxy) is 1. The molecule has 0 aliphatic heterocycles. The van der Waals surface area contributed by atoms with Crippen LogP contribution in [0.5, 0.6) is 0 Å². The Labute approximate surface area is 104 Å². The number of rotatable bonds is 6. The highest BCUT2D eigenvalue weighted by molar-refractivity contribution is 5.21. The van der Waals surface area contributed by atoms with E-state index in [1.165, 1.54) is 0 Å². The Bertz CT molecular complexity index is 370. The summed E-state index contributed by atoms with van der Waals surface area (Å²) in [5.74, 6) is -0.243. The zero-order valence-corrected chi connectivity index (χ0v) is 11.6. The number of imidazole rings is 1. The van der Waals surface area contributed by atoms with Gasteiger partial charge in [-0.2, -0.15) is 0 Å². The smallest absolute Gasteiger partial charge is 0.206 e. The number of aromatic nitrogens is 2. The third-order valence-electron chi connectivity index (χ3n) is 2.93. The van der Waals surface area contributed by atoms with Crippen molar-refractivity contribution in [3.8, 4) is 0 Å². The molecule has 4 nitrogen and oxygen atoms in total. The van der Waals surface area contributed by atoms with Crippen molar-refractivity contribution in [3.63, 3.8) is 0 Å². The van der Waals surface area contributed by atoms with Gasteiger partial charge in [0.25, 0.3) is 0 Å². The van der Waals surface area contributed by atoms with E-state index in [0.717, 1.165) is 36.5 Å². The second kappa shape index (κ2) is 5.65.